The fourth-order valence-electron chi connectivity index (χ4n) is 3.06. The van der Waals surface area contributed by atoms with E-state index in [1.165, 1.54) is 4.90 Å². The van der Waals surface area contributed by atoms with Crippen molar-refractivity contribution in [1.29, 1.82) is 0 Å². The Kier molecular flexibility index (Phi) is 4.99. The molecule has 1 aromatic rings. The van der Waals surface area contributed by atoms with Crippen molar-refractivity contribution in [3.8, 4) is 0 Å². The molecule has 4 heteroatoms. The zero-order valence-corrected chi connectivity index (χ0v) is 13.1. The first-order chi connectivity index (χ1) is 9.97. The number of carbonyl (C=O) groups is 2. The lowest BCUT2D eigenvalue weighted by Crippen LogP contribution is -2.49. The van der Waals surface area contributed by atoms with E-state index < -0.39 is 5.91 Å². The molecule has 2 amide bonds. The van der Waals surface area contributed by atoms with E-state index in [4.69, 9.17) is 0 Å². The molecule has 4 nitrogen and oxygen atoms in total. The summed E-state index contributed by atoms with van der Waals surface area (Å²) >= 11 is 0. The van der Waals surface area contributed by atoms with E-state index >= 15 is 0 Å². The summed E-state index contributed by atoms with van der Waals surface area (Å²) in [4.78, 5) is 27.9. The van der Waals surface area contributed by atoms with Crippen LogP contribution in [0.1, 0.15) is 25.8 Å². The Bertz CT molecular complexity index is 491. The van der Waals surface area contributed by atoms with Gasteiger partial charge in [-0.3, -0.25) is 9.59 Å². The molecule has 2 atom stereocenters. The number of hydrogen-bond acceptors (Lipinski definition) is 2. The third-order valence-electron chi connectivity index (χ3n) is 3.95. The van der Waals surface area contributed by atoms with E-state index in [9.17, 15) is 9.59 Å². The van der Waals surface area contributed by atoms with Crippen molar-refractivity contribution in [1.82, 2.24) is 9.80 Å². The van der Waals surface area contributed by atoms with Crippen molar-refractivity contribution in [2.45, 2.75) is 26.8 Å². The number of hydrogen-bond donors (Lipinski definition) is 0. The summed E-state index contributed by atoms with van der Waals surface area (Å²) in [6.45, 7) is 6.11. The molecule has 0 N–H and O–H groups in total. The highest BCUT2D eigenvalue weighted by molar-refractivity contribution is 6.34. The molecule has 1 fully saturated rings. The first-order valence-electron chi connectivity index (χ1n) is 7.55. The molecule has 2 rings (SSSR count). The highest BCUT2D eigenvalue weighted by Gasteiger charge is 2.30. The fourth-order valence-corrected chi connectivity index (χ4v) is 3.06. The average Bonchev–Trinajstić information content (AvgIpc) is 2.45. The largest absolute Gasteiger partial charge is 0.334 e. The lowest BCUT2D eigenvalue weighted by Gasteiger charge is -2.35. The van der Waals surface area contributed by atoms with Gasteiger partial charge in [0.15, 0.2) is 0 Å². The van der Waals surface area contributed by atoms with Crippen LogP contribution in [0.3, 0.4) is 0 Å². The minimum Gasteiger partial charge on any atom is -0.334 e. The Balaban J connectivity index is 1.97. The average molecular weight is 288 g/mol. The summed E-state index contributed by atoms with van der Waals surface area (Å²) in [7, 11) is 1.68. The van der Waals surface area contributed by atoms with Crippen LogP contribution in [-0.4, -0.2) is 41.8 Å². The van der Waals surface area contributed by atoms with Gasteiger partial charge in [0.2, 0.25) is 0 Å². The maximum absolute atomic E-state index is 12.4. The maximum Gasteiger partial charge on any atom is 0.312 e. The lowest BCUT2D eigenvalue weighted by atomic mass is 9.92. The number of likely N-dealkylation sites (N-methyl/N-ethyl adjacent to an activating group) is 1. The molecule has 0 aromatic heterocycles. The van der Waals surface area contributed by atoms with Gasteiger partial charge in [-0.25, -0.2) is 0 Å². The van der Waals surface area contributed by atoms with Crippen LogP contribution in [0.5, 0.6) is 0 Å². The van der Waals surface area contributed by atoms with E-state index in [0.29, 0.717) is 31.5 Å². The Morgan fingerprint density at radius 1 is 1.14 bits per heavy atom. The van der Waals surface area contributed by atoms with Crippen LogP contribution in [0, 0.1) is 11.8 Å². The topological polar surface area (TPSA) is 40.6 Å². The van der Waals surface area contributed by atoms with Crippen LogP contribution in [0.25, 0.3) is 0 Å². The molecule has 21 heavy (non-hydrogen) atoms. The van der Waals surface area contributed by atoms with E-state index in [-0.39, 0.29) is 5.91 Å². The van der Waals surface area contributed by atoms with Gasteiger partial charge in [-0.05, 0) is 23.8 Å². The van der Waals surface area contributed by atoms with Gasteiger partial charge in [-0.15, -0.1) is 0 Å². The number of piperidine rings is 1. The monoisotopic (exact) mass is 288 g/mol. The summed E-state index contributed by atoms with van der Waals surface area (Å²) in [6.07, 6.45) is 1.12. The standard InChI is InChI=1S/C17H24N2O2/c1-13-9-14(2)11-19(10-13)17(21)16(20)18(3)12-15-7-5-4-6-8-15/h4-8,13-14H,9-12H2,1-3H3. The molecule has 1 aromatic carbocycles. The third kappa shape index (κ3) is 4.06. The van der Waals surface area contributed by atoms with Crippen molar-refractivity contribution in [2.24, 2.45) is 11.8 Å². The summed E-state index contributed by atoms with van der Waals surface area (Å²) < 4.78 is 0. The summed E-state index contributed by atoms with van der Waals surface area (Å²) in [5.41, 5.74) is 1.03. The van der Waals surface area contributed by atoms with Crippen LogP contribution in [0.15, 0.2) is 30.3 Å². The summed E-state index contributed by atoms with van der Waals surface area (Å²) in [5.74, 6) is 0.141. The van der Waals surface area contributed by atoms with Crippen molar-refractivity contribution >= 4 is 11.8 Å². The summed E-state index contributed by atoms with van der Waals surface area (Å²) in [5, 5.41) is 0. The molecule has 0 saturated carbocycles. The molecule has 1 heterocycles. The number of benzene rings is 1. The van der Waals surface area contributed by atoms with Crippen molar-refractivity contribution < 1.29 is 9.59 Å². The number of rotatable bonds is 2. The summed E-state index contributed by atoms with van der Waals surface area (Å²) in [6, 6.07) is 9.72. The predicted molar refractivity (Wildman–Crippen MR) is 82.4 cm³/mol. The second-order valence-corrected chi connectivity index (χ2v) is 6.30. The molecule has 114 valence electrons. The van der Waals surface area contributed by atoms with E-state index in [1.807, 2.05) is 30.3 Å². The van der Waals surface area contributed by atoms with Crippen LogP contribution in [0.4, 0.5) is 0 Å². The Morgan fingerprint density at radius 2 is 1.71 bits per heavy atom. The van der Waals surface area contributed by atoms with Gasteiger partial charge in [-0.1, -0.05) is 44.2 Å². The third-order valence-corrected chi connectivity index (χ3v) is 3.95. The maximum atomic E-state index is 12.4. The Hall–Kier alpha value is -1.84. The lowest BCUT2D eigenvalue weighted by molar-refractivity contribution is -0.152. The first-order valence-corrected chi connectivity index (χ1v) is 7.55. The van der Waals surface area contributed by atoms with Gasteiger partial charge in [0.05, 0.1) is 0 Å². The minimum absolute atomic E-state index is 0.369. The van der Waals surface area contributed by atoms with Crippen LogP contribution < -0.4 is 0 Å². The quantitative estimate of drug-likeness (QED) is 0.782. The Morgan fingerprint density at radius 3 is 2.29 bits per heavy atom. The number of carbonyl (C=O) groups excluding carboxylic acids is 2. The molecule has 1 aliphatic heterocycles. The van der Waals surface area contributed by atoms with Crippen molar-refractivity contribution in [3.05, 3.63) is 35.9 Å². The van der Waals surface area contributed by atoms with Gasteiger partial charge in [0, 0.05) is 26.7 Å². The van der Waals surface area contributed by atoms with E-state index in [1.54, 1.807) is 11.9 Å². The minimum atomic E-state index is -0.417. The molecule has 1 aliphatic rings. The molecule has 0 aliphatic carbocycles. The van der Waals surface area contributed by atoms with E-state index in [0.717, 1.165) is 12.0 Å². The number of amides is 2. The molecule has 0 spiro atoms. The molecule has 0 radical (unpaired) electrons. The van der Waals surface area contributed by atoms with E-state index in [2.05, 4.69) is 13.8 Å². The molecule has 1 saturated heterocycles. The van der Waals surface area contributed by atoms with Crippen molar-refractivity contribution in [3.63, 3.8) is 0 Å². The van der Waals surface area contributed by atoms with Gasteiger partial charge >= 0.3 is 11.8 Å². The molecule has 0 bridgehead atoms. The van der Waals surface area contributed by atoms with Crippen LogP contribution in [-0.2, 0) is 16.1 Å². The zero-order valence-electron chi connectivity index (χ0n) is 13.1. The molecule has 2 unspecified atom stereocenters. The van der Waals surface area contributed by atoms with Crippen LogP contribution in [0.2, 0.25) is 0 Å². The normalized spacial score (nSPS) is 22.0. The highest BCUT2D eigenvalue weighted by Crippen LogP contribution is 2.21. The molecular weight excluding hydrogens is 264 g/mol. The molecular formula is C17H24N2O2. The van der Waals surface area contributed by atoms with Gasteiger partial charge in [0.1, 0.15) is 0 Å². The second kappa shape index (κ2) is 6.74. The van der Waals surface area contributed by atoms with Crippen LogP contribution >= 0.6 is 0 Å². The fraction of sp³-hybridized carbons (Fsp3) is 0.529. The van der Waals surface area contributed by atoms with Gasteiger partial charge < -0.3 is 9.80 Å². The zero-order chi connectivity index (χ0) is 15.4. The second-order valence-electron chi connectivity index (χ2n) is 6.30. The van der Waals surface area contributed by atoms with Crippen molar-refractivity contribution in [2.75, 3.05) is 20.1 Å². The first kappa shape index (κ1) is 15.5. The SMILES string of the molecule is CC1CC(C)CN(C(=O)C(=O)N(C)Cc2ccccc2)C1. The van der Waals surface area contributed by atoms with Gasteiger partial charge in [-0.2, -0.15) is 0 Å². The smallest absolute Gasteiger partial charge is 0.312 e. The number of nitrogens with zero attached hydrogens (tertiary/aromatic N) is 2. The highest BCUT2D eigenvalue weighted by atomic mass is 16.2. The van der Waals surface area contributed by atoms with Gasteiger partial charge in [0.25, 0.3) is 0 Å². The number of likely N-dealkylation sites (tertiary alicyclic amines) is 1. The predicted octanol–water partition coefficient (Wildman–Crippen LogP) is 2.15. The Labute approximate surface area is 126 Å².